The van der Waals surface area contributed by atoms with E-state index in [9.17, 15) is 4.79 Å². The maximum absolute atomic E-state index is 12.0. The summed E-state index contributed by atoms with van der Waals surface area (Å²) < 4.78 is 5.85. The van der Waals surface area contributed by atoms with Gasteiger partial charge >= 0.3 is 0 Å². The van der Waals surface area contributed by atoms with Crippen molar-refractivity contribution in [3.05, 3.63) is 28.2 Å². The fourth-order valence-electron chi connectivity index (χ4n) is 1.26. The number of amides is 1. The first-order valence-corrected chi connectivity index (χ1v) is 6.25. The number of methoxy groups -OCH3 is 1. The van der Waals surface area contributed by atoms with Gasteiger partial charge in [-0.15, -0.1) is 0 Å². The molecule has 0 atom stereocenters. The minimum atomic E-state index is -0.981. The van der Waals surface area contributed by atoms with E-state index in [-0.39, 0.29) is 11.7 Å². The van der Waals surface area contributed by atoms with Crippen molar-refractivity contribution < 1.29 is 14.7 Å². The Labute approximate surface area is 119 Å². The van der Waals surface area contributed by atoms with Crippen LogP contribution in [0.2, 0.25) is 0 Å². The van der Waals surface area contributed by atoms with Gasteiger partial charge in [0.2, 0.25) is 0 Å². The van der Waals surface area contributed by atoms with E-state index in [2.05, 4.69) is 26.4 Å². The Morgan fingerprint density at radius 2 is 2.16 bits per heavy atom. The van der Waals surface area contributed by atoms with Crippen LogP contribution in [-0.2, 0) is 9.53 Å². The summed E-state index contributed by atoms with van der Waals surface area (Å²) in [7, 11) is 1.45. The lowest BCUT2D eigenvalue weighted by molar-refractivity contribution is -0.133. The molecule has 0 saturated carbocycles. The molecule has 1 aromatic rings. The molecule has 0 saturated heterocycles. The number of anilines is 1. The highest BCUT2D eigenvalue weighted by atomic mass is 79.9. The van der Waals surface area contributed by atoms with E-state index in [1.54, 1.807) is 32.0 Å². The van der Waals surface area contributed by atoms with E-state index in [0.29, 0.717) is 11.3 Å². The zero-order chi connectivity index (χ0) is 14.6. The number of nitrogens with two attached hydrogens (primary N) is 1. The molecule has 19 heavy (non-hydrogen) atoms. The van der Waals surface area contributed by atoms with Crippen LogP contribution >= 0.6 is 15.9 Å². The van der Waals surface area contributed by atoms with Gasteiger partial charge in [0.15, 0.2) is 5.84 Å². The van der Waals surface area contributed by atoms with E-state index >= 15 is 0 Å². The highest BCUT2D eigenvalue weighted by molar-refractivity contribution is 9.10. The van der Waals surface area contributed by atoms with Gasteiger partial charge in [0.05, 0.1) is 5.69 Å². The maximum Gasteiger partial charge on any atom is 0.256 e. The zero-order valence-electron chi connectivity index (χ0n) is 10.9. The number of rotatable bonds is 4. The third-order valence-corrected chi connectivity index (χ3v) is 3.16. The van der Waals surface area contributed by atoms with Crippen molar-refractivity contribution in [2.45, 2.75) is 19.4 Å². The molecule has 6 nitrogen and oxygen atoms in total. The highest BCUT2D eigenvalue weighted by Gasteiger charge is 2.27. The molecule has 0 spiro atoms. The Hall–Kier alpha value is -1.60. The number of nitrogens with zero attached hydrogens (tertiary/aromatic N) is 1. The molecule has 0 aliphatic carbocycles. The largest absolute Gasteiger partial charge is 0.409 e. The lowest BCUT2D eigenvalue weighted by atomic mass is 10.1. The first kappa shape index (κ1) is 15.5. The smallest absolute Gasteiger partial charge is 0.256 e. The van der Waals surface area contributed by atoms with Crippen LogP contribution in [0.1, 0.15) is 19.4 Å². The summed E-state index contributed by atoms with van der Waals surface area (Å²) >= 11 is 3.30. The molecule has 0 radical (unpaired) electrons. The third kappa shape index (κ3) is 3.68. The normalized spacial score (nSPS) is 12.3. The third-order valence-electron chi connectivity index (χ3n) is 2.67. The second-order valence-corrected chi connectivity index (χ2v) is 5.26. The quantitative estimate of drug-likeness (QED) is 0.340. The van der Waals surface area contributed by atoms with Crippen LogP contribution in [0.25, 0.3) is 0 Å². The van der Waals surface area contributed by atoms with Gasteiger partial charge < -0.3 is 21.0 Å². The van der Waals surface area contributed by atoms with Gasteiger partial charge in [0.1, 0.15) is 5.60 Å². The Morgan fingerprint density at radius 1 is 1.53 bits per heavy atom. The van der Waals surface area contributed by atoms with Crippen LogP contribution in [0.4, 0.5) is 5.69 Å². The zero-order valence-corrected chi connectivity index (χ0v) is 12.5. The number of carbonyl (C=O) groups is 1. The summed E-state index contributed by atoms with van der Waals surface area (Å²) in [5, 5.41) is 14.4. The molecule has 0 fully saturated rings. The average Bonchev–Trinajstić information content (AvgIpc) is 2.38. The lowest BCUT2D eigenvalue weighted by Crippen LogP contribution is -2.39. The SMILES string of the molecule is COC(C)(C)C(=O)Nc1cc(Br)ccc1/C(N)=N/O. The molecular weight excluding hydrogens is 314 g/mol. The van der Waals surface area contributed by atoms with E-state index < -0.39 is 5.60 Å². The monoisotopic (exact) mass is 329 g/mol. The molecule has 4 N–H and O–H groups in total. The summed E-state index contributed by atoms with van der Waals surface area (Å²) in [5.41, 5.74) is 5.44. The number of carbonyl (C=O) groups excluding carboxylic acids is 1. The number of hydrogen-bond donors (Lipinski definition) is 3. The van der Waals surface area contributed by atoms with Gasteiger partial charge in [0.25, 0.3) is 5.91 Å². The first-order chi connectivity index (χ1) is 8.81. The second-order valence-electron chi connectivity index (χ2n) is 4.34. The van der Waals surface area contributed by atoms with Gasteiger partial charge in [-0.3, -0.25) is 4.79 Å². The van der Waals surface area contributed by atoms with Crippen molar-refractivity contribution in [3.63, 3.8) is 0 Å². The summed E-state index contributed by atoms with van der Waals surface area (Å²) in [6.45, 7) is 3.28. The molecule has 7 heteroatoms. The van der Waals surface area contributed by atoms with Crippen LogP contribution in [0.3, 0.4) is 0 Å². The van der Waals surface area contributed by atoms with Crippen LogP contribution in [0, 0.1) is 0 Å². The van der Waals surface area contributed by atoms with Gasteiger partial charge in [0, 0.05) is 17.1 Å². The minimum Gasteiger partial charge on any atom is -0.409 e. The van der Waals surface area contributed by atoms with Crippen molar-refractivity contribution in [3.8, 4) is 0 Å². The molecule has 104 valence electrons. The molecule has 0 bridgehead atoms. The van der Waals surface area contributed by atoms with Gasteiger partial charge in [-0.1, -0.05) is 21.1 Å². The highest BCUT2D eigenvalue weighted by Crippen LogP contribution is 2.23. The number of ether oxygens (including phenoxy) is 1. The molecular formula is C12H16BrN3O3. The number of nitrogens with one attached hydrogen (secondary N) is 1. The van der Waals surface area contributed by atoms with Crippen molar-refractivity contribution in [1.29, 1.82) is 0 Å². The van der Waals surface area contributed by atoms with Crippen LogP contribution < -0.4 is 11.1 Å². The molecule has 0 aliphatic heterocycles. The van der Waals surface area contributed by atoms with Crippen molar-refractivity contribution >= 4 is 33.4 Å². The predicted octanol–water partition coefficient (Wildman–Crippen LogP) is 1.91. The van der Waals surface area contributed by atoms with Crippen molar-refractivity contribution in [2.75, 3.05) is 12.4 Å². The summed E-state index contributed by atoms with van der Waals surface area (Å²) in [4.78, 5) is 12.0. The Kier molecular flexibility index (Phi) is 4.90. The summed E-state index contributed by atoms with van der Waals surface area (Å²) in [6.07, 6.45) is 0. The Morgan fingerprint density at radius 3 is 2.68 bits per heavy atom. The average molecular weight is 330 g/mol. The fraction of sp³-hybridized carbons (Fsp3) is 0.333. The van der Waals surface area contributed by atoms with E-state index in [4.69, 9.17) is 15.7 Å². The molecule has 0 aromatic heterocycles. The topological polar surface area (TPSA) is 96.9 Å². The molecule has 1 rings (SSSR count). The minimum absolute atomic E-state index is 0.0852. The van der Waals surface area contributed by atoms with Gasteiger partial charge in [-0.05, 0) is 32.0 Å². The van der Waals surface area contributed by atoms with Crippen LogP contribution in [0.5, 0.6) is 0 Å². The molecule has 0 aliphatic rings. The second kappa shape index (κ2) is 6.03. The number of hydrogen-bond acceptors (Lipinski definition) is 4. The number of benzene rings is 1. The first-order valence-electron chi connectivity index (χ1n) is 5.46. The van der Waals surface area contributed by atoms with Crippen LogP contribution in [0.15, 0.2) is 27.8 Å². The van der Waals surface area contributed by atoms with Gasteiger partial charge in [-0.25, -0.2) is 0 Å². The summed E-state index contributed by atoms with van der Waals surface area (Å²) in [5.74, 6) is -0.418. The molecule has 1 amide bonds. The Bertz CT molecular complexity index is 515. The number of halogens is 1. The summed E-state index contributed by atoms with van der Waals surface area (Å²) in [6, 6.07) is 5.02. The molecule has 1 aromatic carbocycles. The van der Waals surface area contributed by atoms with E-state index in [1.807, 2.05) is 0 Å². The Balaban J connectivity index is 3.13. The van der Waals surface area contributed by atoms with Gasteiger partial charge in [-0.2, -0.15) is 0 Å². The molecule has 0 heterocycles. The van der Waals surface area contributed by atoms with E-state index in [1.165, 1.54) is 7.11 Å². The van der Waals surface area contributed by atoms with Crippen LogP contribution in [-0.4, -0.2) is 29.7 Å². The standard InChI is InChI=1S/C12H16BrN3O3/c1-12(2,19-3)11(17)15-9-6-7(13)4-5-8(9)10(14)16-18/h4-6,18H,1-3H3,(H2,14,16)(H,15,17). The van der Waals surface area contributed by atoms with E-state index in [0.717, 1.165) is 4.47 Å². The number of oxime groups is 1. The predicted molar refractivity (Wildman–Crippen MR) is 76.4 cm³/mol. The van der Waals surface area contributed by atoms with Crippen molar-refractivity contribution in [1.82, 2.24) is 0 Å². The molecule has 0 unspecified atom stereocenters. The number of amidine groups is 1. The maximum atomic E-state index is 12.0. The lowest BCUT2D eigenvalue weighted by Gasteiger charge is -2.22. The van der Waals surface area contributed by atoms with Crippen molar-refractivity contribution in [2.24, 2.45) is 10.9 Å². The fourth-order valence-corrected chi connectivity index (χ4v) is 1.62.